The second kappa shape index (κ2) is 9.40. The summed E-state index contributed by atoms with van der Waals surface area (Å²) in [4.78, 5) is 17.0. The van der Waals surface area contributed by atoms with Crippen molar-refractivity contribution < 1.29 is 31.1 Å². The number of aromatic nitrogens is 2. The Morgan fingerprint density at radius 3 is 2.39 bits per heavy atom. The number of sulfonamides is 1. The summed E-state index contributed by atoms with van der Waals surface area (Å²) < 4.78 is 68.3. The number of nitrogens with one attached hydrogen (secondary N) is 1. The Labute approximate surface area is 189 Å². The predicted molar refractivity (Wildman–Crippen MR) is 116 cm³/mol. The Balaban J connectivity index is 1.70. The monoisotopic (exact) mass is 484 g/mol. The highest BCUT2D eigenvalue weighted by molar-refractivity contribution is 7.89. The highest BCUT2D eigenvalue weighted by Crippen LogP contribution is 2.25. The Morgan fingerprint density at radius 1 is 1.15 bits per heavy atom. The molecule has 0 saturated heterocycles. The molecule has 0 fully saturated rings. The van der Waals surface area contributed by atoms with Gasteiger partial charge in [0.25, 0.3) is 0 Å². The van der Waals surface area contributed by atoms with E-state index >= 15 is 0 Å². The van der Waals surface area contributed by atoms with Crippen LogP contribution < -0.4 is 10.1 Å². The van der Waals surface area contributed by atoms with E-state index in [0.29, 0.717) is 30.0 Å². The quantitative estimate of drug-likeness (QED) is 0.525. The summed E-state index contributed by atoms with van der Waals surface area (Å²) in [5.41, 5.74) is 1.60. The Morgan fingerprint density at radius 2 is 1.82 bits per heavy atom. The first-order valence-corrected chi connectivity index (χ1v) is 11.4. The number of carbonyl (C=O) groups is 1. The van der Waals surface area contributed by atoms with Crippen molar-refractivity contribution >= 4 is 32.7 Å². The number of benzene rings is 2. The lowest BCUT2D eigenvalue weighted by Gasteiger charge is -2.11. The normalized spacial score (nSPS) is 12.3. The zero-order valence-electron chi connectivity index (χ0n) is 18.2. The molecular formula is C21H23F3N4O4S. The number of anilines is 1. The van der Waals surface area contributed by atoms with E-state index in [-0.39, 0.29) is 23.0 Å². The number of hydrogen-bond donors (Lipinski definition) is 1. The molecule has 0 aliphatic heterocycles. The Bertz CT molecular complexity index is 1250. The first-order valence-electron chi connectivity index (χ1n) is 9.98. The van der Waals surface area contributed by atoms with Crippen LogP contribution in [0.1, 0.15) is 19.2 Å². The van der Waals surface area contributed by atoms with Crippen molar-refractivity contribution in [2.45, 2.75) is 37.6 Å². The molecule has 1 heterocycles. The van der Waals surface area contributed by atoms with Gasteiger partial charge in [0.2, 0.25) is 15.9 Å². The molecule has 3 aromatic rings. The fourth-order valence-electron chi connectivity index (χ4n) is 3.26. The highest BCUT2D eigenvalue weighted by Gasteiger charge is 2.31. The highest BCUT2D eigenvalue weighted by atomic mass is 32.2. The first-order chi connectivity index (χ1) is 15.4. The van der Waals surface area contributed by atoms with Crippen molar-refractivity contribution in [1.29, 1.82) is 0 Å². The van der Waals surface area contributed by atoms with E-state index in [0.717, 1.165) is 22.0 Å². The molecule has 33 heavy (non-hydrogen) atoms. The maximum atomic E-state index is 12.4. The van der Waals surface area contributed by atoms with Gasteiger partial charge in [-0.2, -0.15) is 0 Å². The molecule has 1 N–H and O–H groups in total. The molecule has 0 radical (unpaired) electrons. The standard InChI is InChI=1S/C21H23F3N4O4S/c1-4-28-18-10-9-16(33(30,31)27(2)3)13-17(18)26-19(28)11-12-20(29)25-14-5-7-15(8-6-14)32-21(22,23)24/h5-10,13H,4,11-12H2,1-3H3,(H,25,29). The number of rotatable bonds is 8. The van der Waals surface area contributed by atoms with Gasteiger partial charge in [0.05, 0.1) is 15.9 Å². The molecule has 2 aromatic carbocycles. The van der Waals surface area contributed by atoms with Crippen LogP contribution in [0.5, 0.6) is 5.75 Å². The summed E-state index contributed by atoms with van der Waals surface area (Å²) >= 11 is 0. The minimum Gasteiger partial charge on any atom is -0.406 e. The molecule has 0 aliphatic carbocycles. The number of alkyl halides is 3. The fraction of sp³-hybridized carbons (Fsp3) is 0.333. The van der Waals surface area contributed by atoms with Gasteiger partial charge in [-0.3, -0.25) is 4.79 Å². The van der Waals surface area contributed by atoms with Crippen LogP contribution in [0.2, 0.25) is 0 Å². The van der Waals surface area contributed by atoms with E-state index in [4.69, 9.17) is 0 Å². The van der Waals surface area contributed by atoms with Gasteiger partial charge in [-0.25, -0.2) is 17.7 Å². The molecule has 0 atom stereocenters. The Kier molecular flexibility index (Phi) is 6.98. The van der Waals surface area contributed by atoms with E-state index in [2.05, 4.69) is 15.0 Å². The molecule has 0 spiro atoms. The maximum absolute atomic E-state index is 12.4. The molecule has 12 heteroatoms. The number of halogens is 3. The maximum Gasteiger partial charge on any atom is 0.573 e. The van der Waals surface area contributed by atoms with E-state index in [1.54, 1.807) is 6.07 Å². The molecular weight excluding hydrogens is 461 g/mol. The second-order valence-corrected chi connectivity index (χ2v) is 9.48. The lowest BCUT2D eigenvalue weighted by atomic mass is 10.2. The lowest BCUT2D eigenvalue weighted by molar-refractivity contribution is -0.274. The number of amides is 1. The first kappa shape index (κ1) is 24.5. The van der Waals surface area contributed by atoms with Gasteiger partial charge in [0, 0.05) is 39.2 Å². The van der Waals surface area contributed by atoms with Crippen molar-refractivity contribution in [1.82, 2.24) is 13.9 Å². The van der Waals surface area contributed by atoms with Gasteiger partial charge in [0.15, 0.2) is 0 Å². The molecule has 1 aromatic heterocycles. The third-order valence-electron chi connectivity index (χ3n) is 4.84. The topological polar surface area (TPSA) is 93.5 Å². The van der Waals surface area contributed by atoms with Crippen LogP contribution in [0, 0.1) is 0 Å². The molecule has 0 saturated carbocycles. The molecule has 0 bridgehead atoms. The number of carbonyl (C=O) groups excluding carboxylic acids is 1. The third kappa shape index (κ3) is 5.82. The number of nitrogens with zero attached hydrogens (tertiary/aromatic N) is 3. The Hall–Kier alpha value is -3.12. The zero-order valence-corrected chi connectivity index (χ0v) is 19.0. The van der Waals surface area contributed by atoms with Crippen molar-refractivity contribution in [3.63, 3.8) is 0 Å². The van der Waals surface area contributed by atoms with Crippen LogP contribution >= 0.6 is 0 Å². The molecule has 178 valence electrons. The van der Waals surface area contributed by atoms with Gasteiger partial charge in [0.1, 0.15) is 11.6 Å². The van der Waals surface area contributed by atoms with Gasteiger partial charge < -0.3 is 14.6 Å². The van der Waals surface area contributed by atoms with Gasteiger partial charge in [-0.05, 0) is 49.4 Å². The van der Waals surface area contributed by atoms with Crippen molar-refractivity contribution in [2.24, 2.45) is 0 Å². The number of imidazole rings is 1. The van der Waals surface area contributed by atoms with E-state index < -0.39 is 16.4 Å². The van der Waals surface area contributed by atoms with Crippen LogP contribution in [0.25, 0.3) is 11.0 Å². The largest absolute Gasteiger partial charge is 0.573 e. The van der Waals surface area contributed by atoms with Crippen LogP contribution in [0.3, 0.4) is 0 Å². The zero-order chi connectivity index (χ0) is 24.4. The minimum atomic E-state index is -4.78. The van der Waals surface area contributed by atoms with Gasteiger partial charge >= 0.3 is 6.36 Å². The number of aryl methyl sites for hydroxylation is 2. The predicted octanol–water partition coefficient (Wildman–Crippen LogP) is 3.78. The average Bonchev–Trinajstić information content (AvgIpc) is 3.09. The number of hydrogen-bond acceptors (Lipinski definition) is 5. The molecule has 0 aliphatic rings. The smallest absolute Gasteiger partial charge is 0.406 e. The van der Waals surface area contributed by atoms with Gasteiger partial charge in [-0.15, -0.1) is 13.2 Å². The van der Waals surface area contributed by atoms with Gasteiger partial charge in [-0.1, -0.05) is 0 Å². The third-order valence-corrected chi connectivity index (χ3v) is 6.65. The molecule has 0 unspecified atom stereocenters. The van der Waals surface area contributed by atoms with Crippen LogP contribution in [-0.4, -0.2) is 48.6 Å². The summed E-state index contributed by atoms with van der Waals surface area (Å²) in [5.74, 6) is -0.103. The van der Waals surface area contributed by atoms with Crippen LogP contribution in [0.15, 0.2) is 47.4 Å². The average molecular weight is 485 g/mol. The van der Waals surface area contributed by atoms with Crippen LogP contribution in [0.4, 0.5) is 18.9 Å². The second-order valence-electron chi connectivity index (χ2n) is 7.33. The van der Waals surface area contributed by atoms with Crippen LogP contribution in [-0.2, 0) is 27.8 Å². The van der Waals surface area contributed by atoms with E-state index in [1.165, 1.54) is 38.4 Å². The summed E-state index contributed by atoms with van der Waals surface area (Å²) in [6.07, 6.45) is -4.42. The molecule has 8 nitrogen and oxygen atoms in total. The molecule has 3 rings (SSSR count). The number of ether oxygens (including phenoxy) is 1. The summed E-state index contributed by atoms with van der Waals surface area (Å²) in [6, 6.07) is 9.56. The molecule has 1 amide bonds. The SMILES string of the molecule is CCn1c(CCC(=O)Nc2ccc(OC(F)(F)F)cc2)nc2cc(S(=O)(=O)N(C)C)ccc21. The minimum absolute atomic E-state index is 0.0764. The van der Waals surface area contributed by atoms with E-state index in [1.807, 2.05) is 11.5 Å². The lowest BCUT2D eigenvalue weighted by Crippen LogP contribution is -2.22. The van der Waals surface area contributed by atoms with E-state index in [9.17, 15) is 26.4 Å². The summed E-state index contributed by atoms with van der Waals surface area (Å²) in [5, 5.41) is 2.62. The van der Waals surface area contributed by atoms with Crippen molar-refractivity contribution in [3.8, 4) is 5.75 Å². The summed E-state index contributed by atoms with van der Waals surface area (Å²) in [7, 11) is -0.705. The van der Waals surface area contributed by atoms with Crippen molar-refractivity contribution in [3.05, 3.63) is 48.3 Å². The fourth-order valence-corrected chi connectivity index (χ4v) is 4.19. The summed E-state index contributed by atoms with van der Waals surface area (Å²) in [6.45, 7) is 2.49. The van der Waals surface area contributed by atoms with Crippen molar-refractivity contribution in [2.75, 3.05) is 19.4 Å². The number of fused-ring (bicyclic) bond motifs is 1.